The molecular weight excluding hydrogens is 303 g/mol. The second-order valence-electron chi connectivity index (χ2n) is 3.99. The predicted molar refractivity (Wildman–Crippen MR) is 78.4 cm³/mol. The van der Waals surface area contributed by atoms with Crippen LogP contribution in [0, 0.1) is 5.82 Å². The molecule has 110 valence electrons. The molecule has 1 aromatic carbocycles. The van der Waals surface area contributed by atoms with Gasteiger partial charge in [-0.15, -0.1) is 11.8 Å². The van der Waals surface area contributed by atoms with Gasteiger partial charge < -0.3 is 10.6 Å². The third kappa shape index (κ3) is 6.25. The zero-order valence-electron chi connectivity index (χ0n) is 11.0. The molecule has 1 rings (SSSR count). The Morgan fingerprint density at radius 2 is 2.05 bits per heavy atom. The number of nitrogens with one attached hydrogen (secondary N) is 2. The first-order valence-corrected chi connectivity index (χ1v) is 7.50. The molecule has 0 aliphatic carbocycles. The maximum Gasteiger partial charge on any atom is 0.239 e. The summed E-state index contributed by atoms with van der Waals surface area (Å²) >= 11 is 6.86. The van der Waals surface area contributed by atoms with E-state index in [2.05, 4.69) is 10.6 Å². The summed E-state index contributed by atoms with van der Waals surface area (Å²) in [6.45, 7) is 2.50. The largest absolute Gasteiger partial charge is 0.355 e. The van der Waals surface area contributed by atoms with Crippen LogP contribution in [0.15, 0.2) is 23.1 Å². The van der Waals surface area contributed by atoms with Crippen molar-refractivity contribution >= 4 is 35.2 Å². The van der Waals surface area contributed by atoms with Crippen LogP contribution in [-0.2, 0) is 9.59 Å². The van der Waals surface area contributed by atoms with Crippen LogP contribution < -0.4 is 10.6 Å². The first kappa shape index (κ1) is 16.8. The van der Waals surface area contributed by atoms with E-state index in [4.69, 9.17) is 11.6 Å². The van der Waals surface area contributed by atoms with Gasteiger partial charge in [0.15, 0.2) is 0 Å². The molecule has 0 aliphatic rings. The van der Waals surface area contributed by atoms with Gasteiger partial charge in [0.2, 0.25) is 11.8 Å². The molecule has 0 spiro atoms. The summed E-state index contributed by atoms with van der Waals surface area (Å²) in [5.74, 6) is -0.826. The molecule has 0 saturated carbocycles. The molecule has 0 fully saturated rings. The van der Waals surface area contributed by atoms with Crippen molar-refractivity contribution in [2.45, 2.75) is 18.2 Å². The van der Waals surface area contributed by atoms with Crippen molar-refractivity contribution in [2.75, 3.05) is 18.8 Å². The zero-order valence-corrected chi connectivity index (χ0v) is 12.6. The van der Waals surface area contributed by atoms with E-state index in [0.717, 1.165) is 6.42 Å². The highest BCUT2D eigenvalue weighted by Gasteiger charge is 2.07. The summed E-state index contributed by atoms with van der Waals surface area (Å²) in [5, 5.41) is 5.19. The van der Waals surface area contributed by atoms with Crippen LogP contribution in [0.5, 0.6) is 0 Å². The Morgan fingerprint density at radius 3 is 2.70 bits per heavy atom. The summed E-state index contributed by atoms with van der Waals surface area (Å²) in [6, 6.07) is 4.26. The van der Waals surface area contributed by atoms with Gasteiger partial charge in [0.05, 0.1) is 17.3 Å². The molecule has 0 aromatic heterocycles. The van der Waals surface area contributed by atoms with Crippen LogP contribution in [0.4, 0.5) is 4.39 Å². The third-order valence-corrected chi connectivity index (χ3v) is 3.56. The number of halogens is 2. The monoisotopic (exact) mass is 318 g/mol. The molecule has 0 unspecified atom stereocenters. The third-order valence-electron chi connectivity index (χ3n) is 2.28. The minimum Gasteiger partial charge on any atom is -0.355 e. The van der Waals surface area contributed by atoms with Crippen molar-refractivity contribution in [3.05, 3.63) is 29.0 Å². The van der Waals surface area contributed by atoms with E-state index in [9.17, 15) is 14.0 Å². The zero-order chi connectivity index (χ0) is 15.0. The van der Waals surface area contributed by atoms with Crippen LogP contribution in [0.3, 0.4) is 0 Å². The van der Waals surface area contributed by atoms with E-state index in [-0.39, 0.29) is 29.1 Å². The Bertz CT molecular complexity index is 485. The Morgan fingerprint density at radius 1 is 1.30 bits per heavy atom. The van der Waals surface area contributed by atoms with Gasteiger partial charge in [-0.05, 0) is 24.6 Å². The summed E-state index contributed by atoms with van der Waals surface area (Å²) in [7, 11) is 0. The highest BCUT2D eigenvalue weighted by molar-refractivity contribution is 8.00. The van der Waals surface area contributed by atoms with E-state index in [0.29, 0.717) is 11.4 Å². The van der Waals surface area contributed by atoms with Gasteiger partial charge in [-0.2, -0.15) is 0 Å². The lowest BCUT2D eigenvalue weighted by atomic mass is 10.3. The van der Waals surface area contributed by atoms with Gasteiger partial charge in [-0.1, -0.05) is 18.5 Å². The standard InChI is InChI=1S/C13H16ClFN2O2S/c1-2-5-16-12(18)7-17-13(19)8-20-9-3-4-11(15)10(14)6-9/h3-4,6H,2,5,7-8H2,1H3,(H,16,18)(H,17,19). The summed E-state index contributed by atoms with van der Waals surface area (Å²) in [4.78, 5) is 23.5. The molecular formula is C13H16ClFN2O2S. The van der Waals surface area contributed by atoms with Gasteiger partial charge >= 0.3 is 0 Å². The quantitative estimate of drug-likeness (QED) is 0.758. The maximum absolute atomic E-state index is 12.9. The van der Waals surface area contributed by atoms with Crippen LogP contribution in [0.25, 0.3) is 0 Å². The van der Waals surface area contributed by atoms with E-state index >= 15 is 0 Å². The Labute approximate surface area is 126 Å². The number of thioether (sulfide) groups is 1. The van der Waals surface area contributed by atoms with Crippen molar-refractivity contribution in [2.24, 2.45) is 0 Å². The van der Waals surface area contributed by atoms with Gasteiger partial charge in [-0.25, -0.2) is 4.39 Å². The van der Waals surface area contributed by atoms with E-state index < -0.39 is 5.82 Å². The van der Waals surface area contributed by atoms with Crippen molar-refractivity contribution in [1.82, 2.24) is 10.6 Å². The number of rotatable bonds is 7. The Hall–Kier alpha value is -1.27. The molecule has 0 radical (unpaired) electrons. The van der Waals surface area contributed by atoms with Crippen LogP contribution >= 0.6 is 23.4 Å². The highest BCUT2D eigenvalue weighted by Crippen LogP contribution is 2.23. The second-order valence-corrected chi connectivity index (χ2v) is 5.45. The molecule has 2 amide bonds. The maximum atomic E-state index is 12.9. The fraction of sp³-hybridized carbons (Fsp3) is 0.385. The lowest BCUT2D eigenvalue weighted by molar-refractivity contribution is -0.124. The number of hydrogen-bond acceptors (Lipinski definition) is 3. The van der Waals surface area contributed by atoms with Gasteiger partial charge in [0, 0.05) is 11.4 Å². The summed E-state index contributed by atoms with van der Waals surface area (Å²) in [5.41, 5.74) is 0. The van der Waals surface area contributed by atoms with Crippen molar-refractivity contribution in [3.63, 3.8) is 0 Å². The number of amides is 2. The van der Waals surface area contributed by atoms with Crippen LogP contribution in [0.2, 0.25) is 5.02 Å². The molecule has 0 atom stereocenters. The van der Waals surface area contributed by atoms with Crippen molar-refractivity contribution in [1.29, 1.82) is 0 Å². The number of hydrogen-bond donors (Lipinski definition) is 2. The minimum atomic E-state index is -0.493. The molecule has 2 N–H and O–H groups in total. The number of carbonyl (C=O) groups is 2. The number of benzene rings is 1. The molecule has 0 aliphatic heterocycles. The SMILES string of the molecule is CCCNC(=O)CNC(=O)CSc1ccc(F)c(Cl)c1. The topological polar surface area (TPSA) is 58.2 Å². The average Bonchev–Trinajstić information content (AvgIpc) is 2.44. The van der Waals surface area contributed by atoms with Gasteiger partial charge in [0.1, 0.15) is 5.82 Å². The van der Waals surface area contributed by atoms with E-state index in [1.165, 1.54) is 23.9 Å². The van der Waals surface area contributed by atoms with Crippen LogP contribution in [0.1, 0.15) is 13.3 Å². The Kier molecular flexibility index (Phi) is 7.40. The fourth-order valence-electron chi connectivity index (χ4n) is 1.27. The minimum absolute atomic E-state index is 0.0225. The molecule has 1 aromatic rings. The van der Waals surface area contributed by atoms with Crippen LogP contribution in [-0.4, -0.2) is 30.7 Å². The second kappa shape index (κ2) is 8.81. The molecule has 20 heavy (non-hydrogen) atoms. The molecule has 0 bridgehead atoms. The lowest BCUT2D eigenvalue weighted by Crippen LogP contribution is -2.37. The lowest BCUT2D eigenvalue weighted by Gasteiger charge is -2.06. The summed E-state index contributed by atoms with van der Waals surface area (Å²) in [6.07, 6.45) is 0.848. The first-order valence-electron chi connectivity index (χ1n) is 6.14. The summed E-state index contributed by atoms with van der Waals surface area (Å²) < 4.78 is 12.9. The highest BCUT2D eigenvalue weighted by atomic mass is 35.5. The van der Waals surface area contributed by atoms with Crippen molar-refractivity contribution in [3.8, 4) is 0 Å². The molecule has 7 heteroatoms. The smallest absolute Gasteiger partial charge is 0.239 e. The predicted octanol–water partition coefficient (Wildman–Crippen LogP) is 2.21. The average molecular weight is 319 g/mol. The number of carbonyl (C=O) groups excluding carboxylic acids is 2. The van der Waals surface area contributed by atoms with Crippen molar-refractivity contribution < 1.29 is 14.0 Å². The molecule has 4 nitrogen and oxygen atoms in total. The molecule has 0 heterocycles. The van der Waals surface area contributed by atoms with E-state index in [1.54, 1.807) is 6.07 Å². The van der Waals surface area contributed by atoms with Gasteiger partial charge in [-0.3, -0.25) is 9.59 Å². The normalized spacial score (nSPS) is 10.2. The van der Waals surface area contributed by atoms with Gasteiger partial charge in [0.25, 0.3) is 0 Å². The Balaban J connectivity index is 2.29. The first-order chi connectivity index (χ1) is 9.52. The van der Waals surface area contributed by atoms with E-state index in [1.807, 2.05) is 6.92 Å². The molecule has 0 saturated heterocycles. The fourth-order valence-corrected chi connectivity index (χ4v) is 2.28.